The summed E-state index contributed by atoms with van der Waals surface area (Å²) in [6.45, 7) is 4.44. The Kier molecular flexibility index (Phi) is 7.96. The van der Waals surface area contributed by atoms with Gasteiger partial charge in [0.2, 0.25) is 0 Å². The van der Waals surface area contributed by atoms with Gasteiger partial charge < -0.3 is 18.9 Å². The molecule has 0 aliphatic heterocycles. The minimum absolute atomic E-state index is 0.0431. The summed E-state index contributed by atoms with van der Waals surface area (Å²) in [6.07, 6.45) is 0. The number of rotatable bonds is 6. The normalized spacial score (nSPS) is 10.4. The molecular formula is C25H30O4. The van der Waals surface area contributed by atoms with Crippen LogP contribution in [0.15, 0.2) is 72.8 Å². The van der Waals surface area contributed by atoms with E-state index in [1.54, 1.807) is 28.4 Å². The van der Waals surface area contributed by atoms with Crippen LogP contribution in [-0.4, -0.2) is 28.4 Å². The zero-order valence-electron chi connectivity index (χ0n) is 18.1. The molecule has 0 fully saturated rings. The number of hydrogen-bond donors (Lipinski definition) is 0. The van der Waals surface area contributed by atoms with Crippen molar-refractivity contribution in [3.8, 4) is 23.0 Å². The van der Waals surface area contributed by atoms with Crippen LogP contribution >= 0.6 is 0 Å². The first-order chi connectivity index (χ1) is 13.9. The quantitative estimate of drug-likeness (QED) is 0.535. The van der Waals surface area contributed by atoms with Gasteiger partial charge in [-0.05, 0) is 59.7 Å². The van der Waals surface area contributed by atoms with Crippen molar-refractivity contribution in [3.05, 3.63) is 83.9 Å². The number of methoxy groups -OCH3 is 4. The zero-order valence-corrected chi connectivity index (χ0v) is 18.1. The molecule has 4 heteroatoms. The monoisotopic (exact) mass is 394 g/mol. The SMILES string of the molecule is COc1ccc(C(C)(C)c2ccc(OC)cc2)cc1.COc1ccc(OC)cc1. The van der Waals surface area contributed by atoms with Crippen LogP contribution in [0.3, 0.4) is 0 Å². The molecule has 0 amide bonds. The average Bonchev–Trinajstić information content (AvgIpc) is 2.79. The lowest BCUT2D eigenvalue weighted by atomic mass is 9.78. The molecule has 0 aliphatic carbocycles. The van der Waals surface area contributed by atoms with E-state index < -0.39 is 0 Å². The van der Waals surface area contributed by atoms with Crippen LogP contribution in [0.4, 0.5) is 0 Å². The third kappa shape index (κ3) is 5.92. The Morgan fingerprint density at radius 3 is 0.828 bits per heavy atom. The summed E-state index contributed by atoms with van der Waals surface area (Å²) in [4.78, 5) is 0. The van der Waals surface area contributed by atoms with Crippen molar-refractivity contribution in [2.24, 2.45) is 0 Å². The van der Waals surface area contributed by atoms with Crippen molar-refractivity contribution in [3.63, 3.8) is 0 Å². The van der Waals surface area contributed by atoms with Gasteiger partial charge in [0.15, 0.2) is 0 Å². The molecule has 0 bridgehead atoms. The lowest BCUT2D eigenvalue weighted by Crippen LogP contribution is -2.18. The second-order valence-electron chi connectivity index (χ2n) is 6.96. The van der Waals surface area contributed by atoms with Crippen molar-refractivity contribution >= 4 is 0 Å². The molecular weight excluding hydrogens is 364 g/mol. The molecule has 0 saturated heterocycles. The van der Waals surface area contributed by atoms with E-state index >= 15 is 0 Å². The predicted octanol–water partition coefficient (Wildman–Crippen LogP) is 5.73. The Balaban J connectivity index is 0.000000253. The van der Waals surface area contributed by atoms with Crippen molar-refractivity contribution in [2.75, 3.05) is 28.4 Å². The highest BCUT2D eigenvalue weighted by atomic mass is 16.5. The van der Waals surface area contributed by atoms with Crippen LogP contribution in [-0.2, 0) is 5.41 Å². The van der Waals surface area contributed by atoms with E-state index in [-0.39, 0.29) is 5.41 Å². The minimum atomic E-state index is -0.0431. The fourth-order valence-electron chi connectivity index (χ4n) is 2.89. The summed E-state index contributed by atoms with van der Waals surface area (Å²) in [5.41, 5.74) is 2.48. The van der Waals surface area contributed by atoms with Gasteiger partial charge in [-0.15, -0.1) is 0 Å². The number of hydrogen-bond acceptors (Lipinski definition) is 4. The molecule has 0 unspecified atom stereocenters. The first-order valence-electron chi connectivity index (χ1n) is 9.41. The van der Waals surface area contributed by atoms with Crippen LogP contribution in [0.2, 0.25) is 0 Å². The largest absolute Gasteiger partial charge is 0.497 e. The first-order valence-corrected chi connectivity index (χ1v) is 9.41. The smallest absolute Gasteiger partial charge is 0.119 e. The van der Waals surface area contributed by atoms with Gasteiger partial charge in [0.1, 0.15) is 23.0 Å². The Bertz CT molecular complexity index is 778. The molecule has 0 spiro atoms. The van der Waals surface area contributed by atoms with E-state index in [0.29, 0.717) is 0 Å². The molecule has 154 valence electrons. The van der Waals surface area contributed by atoms with Crippen molar-refractivity contribution in [2.45, 2.75) is 19.3 Å². The van der Waals surface area contributed by atoms with Gasteiger partial charge in [-0.3, -0.25) is 0 Å². The van der Waals surface area contributed by atoms with Crippen LogP contribution < -0.4 is 18.9 Å². The Labute approximate surface area is 174 Å². The third-order valence-corrected chi connectivity index (χ3v) is 4.92. The molecule has 0 aromatic heterocycles. The van der Waals surface area contributed by atoms with E-state index in [1.807, 2.05) is 48.5 Å². The fourth-order valence-corrected chi connectivity index (χ4v) is 2.89. The van der Waals surface area contributed by atoms with Gasteiger partial charge >= 0.3 is 0 Å². The van der Waals surface area contributed by atoms with Crippen LogP contribution in [0, 0.1) is 0 Å². The van der Waals surface area contributed by atoms with Crippen LogP contribution in [0.5, 0.6) is 23.0 Å². The summed E-state index contributed by atoms with van der Waals surface area (Å²) < 4.78 is 20.3. The highest BCUT2D eigenvalue weighted by Crippen LogP contribution is 2.33. The molecule has 3 rings (SSSR count). The number of ether oxygens (including phenoxy) is 4. The average molecular weight is 395 g/mol. The molecule has 0 saturated carbocycles. The van der Waals surface area contributed by atoms with E-state index in [0.717, 1.165) is 23.0 Å². The highest BCUT2D eigenvalue weighted by Gasteiger charge is 2.22. The zero-order chi connectivity index (χ0) is 21.3. The van der Waals surface area contributed by atoms with Gasteiger partial charge in [-0.2, -0.15) is 0 Å². The molecule has 29 heavy (non-hydrogen) atoms. The molecule has 0 atom stereocenters. The molecule has 3 aromatic rings. The second-order valence-corrected chi connectivity index (χ2v) is 6.96. The Hall–Kier alpha value is -3.14. The summed E-state index contributed by atoms with van der Waals surface area (Å²) in [5.74, 6) is 3.46. The standard InChI is InChI=1S/C17H20O2.C8H10O2/c1-17(2,13-5-9-15(18-3)10-6-13)14-7-11-16(19-4)12-8-14;1-9-7-3-5-8(10-2)6-4-7/h5-12H,1-4H3;3-6H,1-2H3. The summed E-state index contributed by atoms with van der Waals surface area (Å²) >= 11 is 0. The maximum Gasteiger partial charge on any atom is 0.119 e. The van der Waals surface area contributed by atoms with Crippen molar-refractivity contribution in [1.29, 1.82) is 0 Å². The lowest BCUT2D eigenvalue weighted by Gasteiger charge is -2.26. The van der Waals surface area contributed by atoms with E-state index in [4.69, 9.17) is 18.9 Å². The lowest BCUT2D eigenvalue weighted by molar-refractivity contribution is 0.403. The molecule has 0 N–H and O–H groups in total. The van der Waals surface area contributed by atoms with Gasteiger partial charge in [0.25, 0.3) is 0 Å². The van der Waals surface area contributed by atoms with Crippen LogP contribution in [0.25, 0.3) is 0 Å². The van der Waals surface area contributed by atoms with E-state index in [1.165, 1.54) is 11.1 Å². The molecule has 3 aromatic carbocycles. The minimum Gasteiger partial charge on any atom is -0.497 e. The van der Waals surface area contributed by atoms with Gasteiger partial charge in [-0.25, -0.2) is 0 Å². The maximum absolute atomic E-state index is 5.20. The molecule has 0 heterocycles. The fraction of sp³-hybridized carbons (Fsp3) is 0.280. The van der Waals surface area contributed by atoms with Crippen LogP contribution in [0.1, 0.15) is 25.0 Å². The van der Waals surface area contributed by atoms with Gasteiger partial charge in [0.05, 0.1) is 28.4 Å². The predicted molar refractivity (Wildman–Crippen MR) is 118 cm³/mol. The summed E-state index contributed by atoms with van der Waals surface area (Å²) in [7, 11) is 6.65. The first kappa shape index (κ1) is 22.2. The summed E-state index contributed by atoms with van der Waals surface area (Å²) in [6, 6.07) is 23.9. The Morgan fingerprint density at radius 2 is 0.621 bits per heavy atom. The third-order valence-electron chi connectivity index (χ3n) is 4.92. The molecule has 0 aliphatic rings. The molecule has 4 nitrogen and oxygen atoms in total. The maximum atomic E-state index is 5.20. The Morgan fingerprint density at radius 1 is 0.414 bits per heavy atom. The van der Waals surface area contributed by atoms with Gasteiger partial charge in [-0.1, -0.05) is 38.1 Å². The second kappa shape index (κ2) is 10.4. The number of benzene rings is 3. The van der Waals surface area contributed by atoms with E-state index in [2.05, 4.69) is 38.1 Å². The van der Waals surface area contributed by atoms with E-state index in [9.17, 15) is 0 Å². The topological polar surface area (TPSA) is 36.9 Å². The van der Waals surface area contributed by atoms with Crippen molar-refractivity contribution < 1.29 is 18.9 Å². The van der Waals surface area contributed by atoms with Gasteiger partial charge in [0, 0.05) is 5.41 Å². The summed E-state index contributed by atoms with van der Waals surface area (Å²) in [5, 5.41) is 0. The molecule has 0 radical (unpaired) electrons. The van der Waals surface area contributed by atoms with Crippen molar-refractivity contribution in [1.82, 2.24) is 0 Å². The highest BCUT2D eigenvalue weighted by molar-refractivity contribution is 5.41.